The lowest BCUT2D eigenvalue weighted by Crippen LogP contribution is -2.29. The maximum absolute atomic E-state index is 10.4. The lowest BCUT2D eigenvalue weighted by atomic mass is 10.1. The molecule has 28 heavy (non-hydrogen) atoms. The average Bonchev–Trinajstić information content (AvgIpc) is 3.02. The molecule has 0 fully saturated rings. The van der Waals surface area contributed by atoms with E-state index in [0.717, 1.165) is 17.4 Å². The molecule has 1 aliphatic heterocycles. The van der Waals surface area contributed by atoms with E-state index in [1.165, 1.54) is 6.07 Å². The summed E-state index contributed by atoms with van der Waals surface area (Å²) in [5.74, 6) is 0.274. The number of amides is 1. The summed E-state index contributed by atoms with van der Waals surface area (Å²) in [6.45, 7) is 0.870. The second-order valence-corrected chi connectivity index (χ2v) is 6.30. The molecular weight excluding hydrogens is 398 g/mol. The van der Waals surface area contributed by atoms with E-state index < -0.39 is 10.4 Å². The highest BCUT2D eigenvalue weighted by atomic mass is 32.3. The van der Waals surface area contributed by atoms with E-state index in [1.54, 1.807) is 24.2 Å². The van der Waals surface area contributed by atoms with Gasteiger partial charge in [-0.3, -0.25) is 13.9 Å². The number of likely N-dealkylation sites (N-methyl/N-ethyl adjacent to an activating group) is 1. The molecule has 1 aliphatic rings. The van der Waals surface area contributed by atoms with Gasteiger partial charge in [0.1, 0.15) is 18.0 Å². The van der Waals surface area contributed by atoms with Gasteiger partial charge in [0.15, 0.2) is 5.96 Å². The van der Waals surface area contributed by atoms with E-state index in [9.17, 15) is 15.0 Å². The molecule has 0 unspecified atom stereocenters. The number of hydrogen-bond donors (Lipinski definition) is 7. The van der Waals surface area contributed by atoms with E-state index in [1.807, 2.05) is 0 Å². The number of aromatic hydroxyl groups is 2. The van der Waals surface area contributed by atoms with Gasteiger partial charge in [0.25, 0.3) is 5.91 Å². The van der Waals surface area contributed by atoms with E-state index in [0.29, 0.717) is 24.6 Å². The van der Waals surface area contributed by atoms with E-state index in [2.05, 4.69) is 9.98 Å². The zero-order chi connectivity index (χ0) is 20.8. The summed E-state index contributed by atoms with van der Waals surface area (Å²) in [5.41, 5.74) is 12.3. The Kier molecular flexibility index (Phi) is 9.35. The molecule has 1 amide bonds. The number of rotatable bonds is 2. The summed E-state index contributed by atoms with van der Waals surface area (Å²) in [6, 6.07) is 2.93. The van der Waals surface area contributed by atoms with Gasteiger partial charge in [-0.2, -0.15) is 13.4 Å². The summed E-state index contributed by atoms with van der Waals surface area (Å²) in [4.78, 5) is 18.4. The van der Waals surface area contributed by atoms with Crippen molar-refractivity contribution in [1.82, 2.24) is 9.88 Å². The normalized spacial score (nSPS) is 13.1. The highest BCUT2D eigenvalue weighted by Crippen LogP contribution is 2.31. The fourth-order valence-corrected chi connectivity index (χ4v) is 2.15. The predicted molar refractivity (Wildman–Crippen MR) is 101 cm³/mol. The predicted octanol–water partition coefficient (Wildman–Crippen LogP) is -1.62. The Morgan fingerprint density at radius 3 is 2.25 bits per heavy atom. The summed E-state index contributed by atoms with van der Waals surface area (Å²) < 4.78 is 31.6. The standard InChI is InChI=1S/C10H12N2O2.C4H7N3O.H2O4S.H2O/c11-2-1-6-5-12-10-8(6)3-7(13)4-9(10)14;1-7-2-3(8)6-4(7)5;1-5(2,3)4;/h3-5,12-14H,1-2,11H2;2H2,1H3,(H2,5,6,8);(H2,1,2,3,4);1H2. The van der Waals surface area contributed by atoms with Gasteiger partial charge in [-0.25, -0.2) is 0 Å². The summed E-state index contributed by atoms with van der Waals surface area (Å²) >= 11 is 0. The number of nitrogens with zero attached hydrogens (tertiary/aromatic N) is 2. The largest absolute Gasteiger partial charge is 0.508 e. The molecule has 1 aromatic heterocycles. The van der Waals surface area contributed by atoms with Gasteiger partial charge in [-0.05, 0) is 24.6 Å². The van der Waals surface area contributed by atoms with Crippen LogP contribution in [-0.4, -0.2) is 75.1 Å². The zero-order valence-corrected chi connectivity index (χ0v) is 15.6. The quantitative estimate of drug-likeness (QED) is 0.273. The number of fused-ring (bicyclic) bond motifs is 1. The van der Waals surface area contributed by atoms with Crippen LogP contribution in [-0.2, 0) is 21.6 Å². The minimum absolute atomic E-state index is 0. The number of benzene rings is 1. The Morgan fingerprint density at radius 2 is 1.86 bits per heavy atom. The van der Waals surface area contributed by atoms with Crippen LogP contribution in [0, 0.1) is 0 Å². The van der Waals surface area contributed by atoms with E-state index >= 15 is 0 Å². The summed E-state index contributed by atoms with van der Waals surface area (Å²) in [6.07, 6.45) is 2.53. The highest BCUT2D eigenvalue weighted by Gasteiger charge is 2.15. The van der Waals surface area contributed by atoms with Crippen LogP contribution in [0.5, 0.6) is 11.5 Å². The zero-order valence-electron chi connectivity index (χ0n) is 14.8. The summed E-state index contributed by atoms with van der Waals surface area (Å²) in [5, 5.41) is 19.7. The first-order valence-electron chi connectivity index (χ1n) is 7.42. The molecule has 14 heteroatoms. The fourth-order valence-electron chi connectivity index (χ4n) is 2.15. The Morgan fingerprint density at radius 1 is 1.29 bits per heavy atom. The monoisotopic (exact) mass is 421 g/mol. The molecule has 0 atom stereocenters. The number of phenolic OH excluding ortho intramolecular Hbond substituents is 2. The van der Waals surface area contributed by atoms with Gasteiger partial charge in [0.05, 0.1) is 5.52 Å². The van der Waals surface area contributed by atoms with Gasteiger partial charge < -0.3 is 37.0 Å². The Bertz CT molecular complexity index is 933. The van der Waals surface area contributed by atoms with Crippen molar-refractivity contribution in [3.8, 4) is 11.5 Å². The van der Waals surface area contributed by atoms with Crippen LogP contribution in [0.15, 0.2) is 23.3 Å². The Balaban J connectivity index is 0.000000444. The molecule has 13 nitrogen and oxygen atoms in total. The number of aromatic amines is 1. The number of H-pyrrole nitrogens is 1. The molecule has 0 bridgehead atoms. The second kappa shape index (κ2) is 10.4. The van der Waals surface area contributed by atoms with Gasteiger partial charge in [-0.15, -0.1) is 0 Å². The minimum Gasteiger partial charge on any atom is -0.508 e. The van der Waals surface area contributed by atoms with Crippen LogP contribution in [0.1, 0.15) is 5.56 Å². The first kappa shape index (κ1) is 25.1. The molecular formula is C14H23N5O8S. The SMILES string of the molecule is CN1CC(=O)N=C1N.NCCc1c[nH]c2c(O)cc(O)cc12.O.O=S(=O)(O)O. The molecule has 2 heterocycles. The number of nitrogens with one attached hydrogen (secondary N) is 1. The number of carbonyl (C=O) groups is 1. The van der Waals surface area contributed by atoms with Crippen LogP contribution in [0.2, 0.25) is 0 Å². The van der Waals surface area contributed by atoms with Crippen molar-refractivity contribution in [2.24, 2.45) is 16.5 Å². The molecule has 0 saturated carbocycles. The topological polar surface area (TPSA) is 247 Å². The number of guanidine groups is 1. The van der Waals surface area contributed by atoms with Crippen LogP contribution >= 0.6 is 0 Å². The van der Waals surface area contributed by atoms with Gasteiger partial charge in [0.2, 0.25) is 0 Å². The van der Waals surface area contributed by atoms with Crippen molar-refractivity contribution in [2.75, 3.05) is 20.1 Å². The number of aromatic nitrogens is 1. The Hall–Kier alpha value is -2.91. The minimum atomic E-state index is -4.67. The molecule has 0 spiro atoms. The Labute approximate surface area is 160 Å². The molecule has 1 aromatic carbocycles. The van der Waals surface area contributed by atoms with E-state index in [4.69, 9.17) is 29.0 Å². The van der Waals surface area contributed by atoms with Crippen LogP contribution in [0.3, 0.4) is 0 Å². The first-order valence-corrected chi connectivity index (χ1v) is 8.82. The molecule has 0 aliphatic carbocycles. The van der Waals surface area contributed by atoms with Crippen molar-refractivity contribution in [2.45, 2.75) is 6.42 Å². The molecule has 0 saturated heterocycles. The van der Waals surface area contributed by atoms with Crippen LogP contribution in [0.4, 0.5) is 0 Å². The van der Waals surface area contributed by atoms with Gasteiger partial charge in [-0.1, -0.05) is 0 Å². The molecule has 158 valence electrons. The third-order valence-electron chi connectivity index (χ3n) is 3.26. The van der Waals surface area contributed by atoms with Crippen molar-refractivity contribution in [3.63, 3.8) is 0 Å². The number of aliphatic imine (C=N–C) groups is 1. The van der Waals surface area contributed by atoms with Crippen molar-refractivity contribution < 1.29 is 38.0 Å². The number of hydrogen-bond acceptors (Lipinski definition) is 8. The van der Waals surface area contributed by atoms with Crippen molar-refractivity contribution in [3.05, 3.63) is 23.9 Å². The van der Waals surface area contributed by atoms with Gasteiger partial charge >= 0.3 is 10.4 Å². The van der Waals surface area contributed by atoms with Crippen LogP contribution < -0.4 is 11.5 Å². The number of phenols is 2. The summed E-state index contributed by atoms with van der Waals surface area (Å²) in [7, 11) is -2.94. The second-order valence-electron chi connectivity index (χ2n) is 5.41. The first-order chi connectivity index (χ1) is 12.4. The molecule has 2 aromatic rings. The molecule has 3 rings (SSSR count). The lowest BCUT2D eigenvalue weighted by Gasteiger charge is -2.05. The third-order valence-corrected chi connectivity index (χ3v) is 3.26. The number of nitrogens with two attached hydrogens (primary N) is 2. The molecule has 0 radical (unpaired) electrons. The highest BCUT2D eigenvalue weighted by molar-refractivity contribution is 7.79. The lowest BCUT2D eigenvalue weighted by molar-refractivity contribution is -0.116. The van der Waals surface area contributed by atoms with E-state index in [-0.39, 0.29) is 22.9 Å². The van der Waals surface area contributed by atoms with Crippen molar-refractivity contribution in [1.29, 1.82) is 0 Å². The fraction of sp³-hybridized carbons (Fsp3) is 0.286. The van der Waals surface area contributed by atoms with Gasteiger partial charge in [0, 0.05) is 24.7 Å². The maximum Gasteiger partial charge on any atom is 0.394 e. The molecule has 11 N–H and O–H groups in total. The third kappa shape index (κ3) is 8.19. The van der Waals surface area contributed by atoms with Crippen LogP contribution in [0.25, 0.3) is 10.9 Å². The average molecular weight is 421 g/mol. The number of carbonyl (C=O) groups excluding carboxylic acids is 1. The smallest absolute Gasteiger partial charge is 0.394 e. The maximum atomic E-state index is 10.4. The van der Waals surface area contributed by atoms with Crippen molar-refractivity contribution >= 4 is 33.2 Å².